The second-order valence-electron chi connectivity index (χ2n) is 17.2. The second kappa shape index (κ2) is 18.8. The predicted octanol–water partition coefficient (Wildman–Crippen LogP) is 6.76. The number of fused-ring (bicyclic) bond motifs is 3. The zero-order valence-electron chi connectivity index (χ0n) is 35.1. The summed E-state index contributed by atoms with van der Waals surface area (Å²) in [6.45, 7) is 7.32. The van der Waals surface area contributed by atoms with E-state index in [1.807, 2.05) is 128 Å². The maximum atomic E-state index is 12.1. The van der Waals surface area contributed by atoms with Crippen LogP contribution in [0.15, 0.2) is 121 Å². The zero-order valence-corrected chi connectivity index (χ0v) is 35.1. The fourth-order valence-corrected chi connectivity index (χ4v) is 9.45. The van der Waals surface area contributed by atoms with Crippen LogP contribution in [0, 0.1) is 17.8 Å². The van der Waals surface area contributed by atoms with Crippen molar-refractivity contribution in [2.45, 2.75) is 120 Å². The van der Waals surface area contributed by atoms with Gasteiger partial charge in [-0.2, -0.15) is 0 Å². The van der Waals surface area contributed by atoms with Gasteiger partial charge in [0.2, 0.25) is 0 Å². The molecule has 6 saturated heterocycles. The normalized spacial score (nSPS) is 40.7. The van der Waals surface area contributed by atoms with Gasteiger partial charge in [0.05, 0.1) is 38.6 Å². The molecule has 13 nitrogen and oxygen atoms in total. The van der Waals surface area contributed by atoms with E-state index >= 15 is 0 Å². The Morgan fingerprint density at radius 1 is 0.452 bits per heavy atom. The van der Waals surface area contributed by atoms with E-state index in [2.05, 4.69) is 13.8 Å². The molecule has 6 aliphatic rings. The molecule has 0 bridgehead atoms. The highest BCUT2D eigenvalue weighted by Gasteiger charge is 2.57. The Morgan fingerprint density at radius 2 is 0.855 bits per heavy atom. The molecule has 0 radical (unpaired) electrons. The van der Waals surface area contributed by atoms with Crippen molar-refractivity contribution in [3.8, 4) is 0 Å². The van der Waals surface area contributed by atoms with Gasteiger partial charge in [-0.25, -0.2) is 0 Å². The largest absolute Gasteiger partial charge is 0.385 e. The summed E-state index contributed by atoms with van der Waals surface area (Å²) in [4.78, 5) is 0. The first kappa shape index (κ1) is 42.3. The summed E-state index contributed by atoms with van der Waals surface area (Å²) in [6, 6.07) is 39.2. The quantitative estimate of drug-likeness (QED) is 0.181. The fraction of sp³-hybridized carbons (Fsp3) is 0.510. The van der Waals surface area contributed by atoms with Crippen molar-refractivity contribution in [2.24, 2.45) is 17.8 Å². The smallest absolute Gasteiger partial charge is 0.187 e. The monoisotopic (exact) mass is 852 g/mol. The van der Waals surface area contributed by atoms with Crippen molar-refractivity contribution in [3.05, 3.63) is 144 Å². The zero-order chi connectivity index (χ0) is 42.2. The Morgan fingerprint density at radius 3 is 1.37 bits per heavy atom. The van der Waals surface area contributed by atoms with Crippen molar-refractivity contribution < 1.29 is 61.9 Å². The number of ether oxygens (including phenoxy) is 12. The molecule has 6 heterocycles. The number of hydrogen-bond acceptors (Lipinski definition) is 13. The van der Waals surface area contributed by atoms with E-state index in [9.17, 15) is 5.11 Å². The van der Waals surface area contributed by atoms with E-state index in [4.69, 9.17) is 56.8 Å². The van der Waals surface area contributed by atoms with Crippen molar-refractivity contribution in [3.63, 3.8) is 0 Å². The Kier molecular flexibility index (Phi) is 12.9. The highest BCUT2D eigenvalue weighted by molar-refractivity contribution is 5.19. The molecule has 9 unspecified atom stereocenters. The third kappa shape index (κ3) is 8.77. The Balaban J connectivity index is 0.910. The molecule has 1 N–H and O–H groups in total. The third-order valence-electron chi connectivity index (χ3n) is 13.1. The van der Waals surface area contributed by atoms with Crippen LogP contribution in [0.25, 0.3) is 0 Å². The highest BCUT2D eigenvalue weighted by atomic mass is 16.8. The summed E-state index contributed by atoms with van der Waals surface area (Å²) in [5, 5.41) is 12.1. The molecule has 13 heteroatoms. The molecule has 330 valence electrons. The van der Waals surface area contributed by atoms with E-state index in [0.29, 0.717) is 6.61 Å². The van der Waals surface area contributed by atoms with Gasteiger partial charge in [-0.15, -0.1) is 0 Å². The lowest BCUT2D eigenvalue weighted by molar-refractivity contribution is -0.413. The van der Waals surface area contributed by atoms with Crippen molar-refractivity contribution in [1.82, 2.24) is 0 Å². The second-order valence-corrected chi connectivity index (χ2v) is 17.2. The first-order valence-corrected chi connectivity index (χ1v) is 21.9. The van der Waals surface area contributed by atoms with Crippen LogP contribution in [0.5, 0.6) is 0 Å². The average Bonchev–Trinajstić information content (AvgIpc) is 3.33. The fourth-order valence-electron chi connectivity index (χ4n) is 9.45. The molecule has 0 aliphatic carbocycles. The third-order valence-corrected chi connectivity index (χ3v) is 13.1. The van der Waals surface area contributed by atoms with E-state index in [1.54, 1.807) is 0 Å². The molecule has 10 rings (SSSR count). The van der Waals surface area contributed by atoms with Crippen LogP contribution in [-0.2, 0) is 63.4 Å². The van der Waals surface area contributed by atoms with Gasteiger partial charge in [-0.05, 0) is 11.5 Å². The Bertz CT molecular complexity index is 2010. The Labute approximate surface area is 362 Å². The lowest BCUT2D eigenvalue weighted by atomic mass is 9.83. The minimum Gasteiger partial charge on any atom is -0.385 e. The molecule has 0 amide bonds. The van der Waals surface area contributed by atoms with Gasteiger partial charge in [0, 0.05) is 28.5 Å². The van der Waals surface area contributed by atoms with Crippen LogP contribution in [0.2, 0.25) is 0 Å². The van der Waals surface area contributed by atoms with Gasteiger partial charge in [0.15, 0.2) is 37.7 Å². The summed E-state index contributed by atoms with van der Waals surface area (Å²) >= 11 is 0. The minimum absolute atomic E-state index is 0.0606. The highest BCUT2D eigenvalue weighted by Crippen LogP contribution is 2.45. The van der Waals surface area contributed by atoms with E-state index in [1.165, 1.54) is 0 Å². The van der Waals surface area contributed by atoms with E-state index in [-0.39, 0.29) is 43.9 Å². The summed E-state index contributed by atoms with van der Waals surface area (Å²) in [5.74, 6) is -0.419. The SMILES string of the molecule is CC1[C@H](O[C@@H]2C(C)[C@H](O[C@@H]3C(O)[C@H](OCc4ccccc4)OC4COC(c5ccccc5)O[C@@H]43)OC3COC(c4ccccc4)O[C@@H]32)OC2COC(c3ccccc3)O[C@@H]2[C@@H]1C. The van der Waals surface area contributed by atoms with Crippen LogP contribution >= 0.6 is 0 Å². The molecule has 18 atom stereocenters. The van der Waals surface area contributed by atoms with Gasteiger partial charge >= 0.3 is 0 Å². The molecule has 62 heavy (non-hydrogen) atoms. The number of aliphatic hydroxyl groups is 1. The number of rotatable bonds is 10. The maximum Gasteiger partial charge on any atom is 0.187 e. The summed E-state index contributed by atoms with van der Waals surface area (Å²) in [7, 11) is 0. The van der Waals surface area contributed by atoms with Gasteiger partial charge in [0.1, 0.15) is 42.7 Å². The summed E-state index contributed by atoms with van der Waals surface area (Å²) in [6.07, 6.45) is -10.2. The first-order valence-electron chi connectivity index (χ1n) is 21.9. The molecule has 0 aromatic heterocycles. The topological polar surface area (TPSA) is 131 Å². The summed E-state index contributed by atoms with van der Waals surface area (Å²) in [5.41, 5.74) is 3.64. The molecule has 0 saturated carbocycles. The van der Waals surface area contributed by atoms with Gasteiger partial charge < -0.3 is 61.9 Å². The van der Waals surface area contributed by atoms with Crippen molar-refractivity contribution in [2.75, 3.05) is 19.8 Å². The maximum absolute atomic E-state index is 12.1. The van der Waals surface area contributed by atoms with Gasteiger partial charge in [-0.1, -0.05) is 142 Å². The van der Waals surface area contributed by atoms with Crippen LogP contribution in [-0.4, -0.2) is 98.7 Å². The van der Waals surface area contributed by atoms with Crippen LogP contribution in [0.3, 0.4) is 0 Å². The molecule has 0 spiro atoms. The van der Waals surface area contributed by atoms with Gasteiger partial charge in [-0.3, -0.25) is 0 Å². The number of hydrogen-bond donors (Lipinski definition) is 1. The van der Waals surface area contributed by atoms with Crippen molar-refractivity contribution in [1.29, 1.82) is 0 Å². The van der Waals surface area contributed by atoms with E-state index < -0.39 is 86.4 Å². The van der Waals surface area contributed by atoms with E-state index in [0.717, 1.165) is 22.3 Å². The van der Waals surface area contributed by atoms with Crippen molar-refractivity contribution >= 4 is 0 Å². The molecule has 6 fully saturated rings. The average molecular weight is 853 g/mol. The molecular formula is C49H56O13. The minimum atomic E-state index is -1.26. The number of benzene rings is 4. The van der Waals surface area contributed by atoms with Gasteiger partial charge in [0.25, 0.3) is 0 Å². The summed E-state index contributed by atoms with van der Waals surface area (Å²) < 4.78 is 78.9. The lowest BCUT2D eigenvalue weighted by Gasteiger charge is -2.53. The number of aliphatic hydroxyl groups excluding tert-OH is 1. The van der Waals surface area contributed by atoms with Crippen LogP contribution < -0.4 is 0 Å². The molecule has 4 aromatic rings. The molecule has 4 aromatic carbocycles. The van der Waals surface area contributed by atoms with Crippen LogP contribution in [0.4, 0.5) is 0 Å². The molecular weight excluding hydrogens is 797 g/mol. The Hall–Kier alpha value is -3.64. The predicted molar refractivity (Wildman–Crippen MR) is 220 cm³/mol. The standard InChI is InChI=1S/C49H56O13/c1-28-29(2)44(55-35-25-52-46(58-39(28)35)32-18-10-5-11-19-32)59-40-30(3)45(56-36-26-53-47(60-41(36)40)33-20-12-6-13-21-33)62-43-38(50)49(51-24-31-16-8-4-9-17-31)57-37-27-54-48(61-42(37)43)34-22-14-7-15-23-34/h4-23,28-30,35-50H,24-27H2,1-3H3/t28-,29?,30?,35?,36?,37?,38?,39-,40-,41+,42+,43-,44+,45+,46?,47?,48?,49-/m1/s1. The lowest BCUT2D eigenvalue weighted by Crippen LogP contribution is -2.66. The first-order chi connectivity index (χ1) is 30.4. The van der Waals surface area contributed by atoms with Crippen LogP contribution in [0.1, 0.15) is 61.9 Å². The molecule has 6 aliphatic heterocycles.